The number of carbonyl (C=O) groups is 1. The van der Waals surface area contributed by atoms with Crippen LogP contribution in [0.5, 0.6) is 0 Å². The molecule has 4 aromatic rings. The maximum Gasteiger partial charge on any atom is 0.269 e. The van der Waals surface area contributed by atoms with E-state index in [0.29, 0.717) is 5.31 Å². The van der Waals surface area contributed by atoms with E-state index in [9.17, 15) is 4.79 Å². The van der Waals surface area contributed by atoms with Crippen molar-refractivity contribution in [3.8, 4) is 0 Å². The van der Waals surface area contributed by atoms with Gasteiger partial charge in [-0.1, -0.05) is 95.8 Å². The molecular formula is C31H30NO2P. The Morgan fingerprint density at radius 3 is 1.54 bits per heavy atom. The van der Waals surface area contributed by atoms with Gasteiger partial charge in [0.15, 0.2) is 0 Å². The zero-order chi connectivity index (χ0) is 24.7. The minimum absolute atomic E-state index is 0.284. The number of hydrogen-bond donors (Lipinski definition) is 1. The van der Waals surface area contributed by atoms with Crippen molar-refractivity contribution in [3.05, 3.63) is 132 Å². The normalized spacial score (nSPS) is 11.7. The molecule has 0 heterocycles. The smallest absolute Gasteiger partial charge is 0.269 e. The average Bonchev–Trinajstić information content (AvgIpc) is 2.89. The van der Waals surface area contributed by atoms with Gasteiger partial charge in [0.05, 0.1) is 6.61 Å². The molecule has 0 atom stereocenters. The van der Waals surface area contributed by atoms with Crippen molar-refractivity contribution >= 4 is 34.8 Å². The molecule has 0 radical (unpaired) electrons. The molecular weight excluding hydrogens is 449 g/mol. The molecule has 4 heteroatoms. The lowest BCUT2D eigenvalue weighted by molar-refractivity contribution is -0.137. The molecule has 0 saturated carbocycles. The summed E-state index contributed by atoms with van der Waals surface area (Å²) in [5.41, 5.74) is 3.12. The molecule has 0 bridgehead atoms. The van der Waals surface area contributed by atoms with Gasteiger partial charge in [0, 0.05) is 0 Å². The van der Waals surface area contributed by atoms with Crippen LogP contribution < -0.4 is 21.2 Å². The predicted molar refractivity (Wildman–Crippen MR) is 148 cm³/mol. The molecule has 176 valence electrons. The molecule has 3 nitrogen and oxygen atoms in total. The Morgan fingerprint density at radius 1 is 0.714 bits per heavy atom. The van der Waals surface area contributed by atoms with Gasteiger partial charge in [-0.2, -0.15) is 0 Å². The summed E-state index contributed by atoms with van der Waals surface area (Å²) < 4.78 is 5.67. The molecule has 0 unspecified atom stereocenters. The van der Waals surface area contributed by atoms with E-state index in [1.807, 2.05) is 67.6 Å². The first-order valence-corrected chi connectivity index (χ1v) is 13.6. The highest BCUT2D eigenvalue weighted by atomic mass is 31.2. The van der Waals surface area contributed by atoms with Crippen LogP contribution in [0.15, 0.2) is 115 Å². The molecule has 1 N–H and O–H groups in total. The summed E-state index contributed by atoms with van der Waals surface area (Å²) in [5.74, 6) is -0.365. The number of benzene rings is 4. The third kappa shape index (κ3) is 4.92. The molecule has 0 saturated heterocycles. The molecule has 0 amide bonds. The Balaban J connectivity index is 2.07. The highest BCUT2D eigenvalue weighted by Crippen LogP contribution is 2.62. The van der Waals surface area contributed by atoms with Crippen LogP contribution in [0.1, 0.15) is 18.1 Å². The number of rotatable bonds is 8. The minimum Gasteiger partial charge on any atom is -0.517 e. The number of aryl methyl sites for hydroxylation is 2. The van der Waals surface area contributed by atoms with Crippen molar-refractivity contribution in [1.29, 1.82) is 0 Å². The van der Waals surface area contributed by atoms with Crippen LogP contribution in [-0.2, 0) is 9.53 Å². The van der Waals surface area contributed by atoms with E-state index in [1.165, 1.54) is 0 Å². The van der Waals surface area contributed by atoms with E-state index in [-0.39, 0.29) is 12.6 Å². The summed E-state index contributed by atoms with van der Waals surface area (Å²) in [6.45, 7) is 6.22. The minimum atomic E-state index is -2.65. The third-order valence-corrected chi connectivity index (χ3v) is 10.2. The molecule has 0 fully saturated rings. The van der Waals surface area contributed by atoms with Gasteiger partial charge in [-0.3, -0.25) is 0 Å². The molecule has 0 aliphatic carbocycles. The molecule has 4 aromatic carbocycles. The van der Waals surface area contributed by atoms with Gasteiger partial charge in [-0.15, -0.1) is 0 Å². The van der Waals surface area contributed by atoms with Gasteiger partial charge in [0.2, 0.25) is 0 Å². The van der Waals surface area contributed by atoms with Gasteiger partial charge in [0.1, 0.15) is 28.5 Å². The fourth-order valence-corrected chi connectivity index (χ4v) is 8.48. The van der Waals surface area contributed by atoms with Crippen molar-refractivity contribution in [2.75, 3.05) is 11.9 Å². The van der Waals surface area contributed by atoms with Crippen molar-refractivity contribution < 1.29 is 9.53 Å². The number of para-hydroxylation sites is 1. The first-order valence-electron chi connectivity index (χ1n) is 11.8. The summed E-state index contributed by atoms with van der Waals surface area (Å²) >= 11 is 0. The first-order chi connectivity index (χ1) is 17.1. The number of anilines is 1. The van der Waals surface area contributed by atoms with Gasteiger partial charge in [-0.25, -0.2) is 0 Å². The lowest BCUT2D eigenvalue weighted by atomic mass is 10.1. The first kappa shape index (κ1) is 24.4. The summed E-state index contributed by atoms with van der Waals surface area (Å²) in [6, 6.07) is 36.9. The Bertz CT molecular complexity index is 1190. The predicted octanol–water partition coefficient (Wildman–Crippen LogP) is 5.92. The fraction of sp³-hybridized carbons (Fsp3) is 0.129. The highest BCUT2D eigenvalue weighted by Gasteiger charge is 2.49. The zero-order valence-corrected chi connectivity index (χ0v) is 21.3. The molecule has 0 aliphatic heterocycles. The van der Waals surface area contributed by atoms with E-state index < -0.39 is 7.26 Å². The number of hydrogen-bond acceptors (Lipinski definition) is 3. The average molecular weight is 480 g/mol. The topological polar surface area (TPSA) is 38.3 Å². The monoisotopic (exact) mass is 479 g/mol. The number of carbonyl (C=O) groups excluding carboxylic acids is 1. The van der Waals surface area contributed by atoms with Crippen LogP contribution in [0.2, 0.25) is 0 Å². The SMILES string of the molecule is CCOC(=O)C(=[C-]Nc1c(C)cccc1C)[P+](c1ccccc1)(c1ccccc1)c1ccccc1. The summed E-state index contributed by atoms with van der Waals surface area (Å²) in [4.78, 5) is 13.8. The largest absolute Gasteiger partial charge is 0.517 e. The van der Waals surface area contributed by atoms with Crippen LogP contribution >= 0.6 is 7.26 Å². The van der Waals surface area contributed by atoms with Crippen LogP contribution in [-0.4, -0.2) is 12.6 Å². The van der Waals surface area contributed by atoms with E-state index in [4.69, 9.17) is 4.74 Å². The second kappa shape index (κ2) is 11.2. The summed E-state index contributed by atoms with van der Waals surface area (Å²) in [5, 5.41) is 7.08. The maximum atomic E-state index is 13.8. The number of esters is 1. The zero-order valence-electron chi connectivity index (χ0n) is 20.4. The van der Waals surface area contributed by atoms with Gasteiger partial charge in [-0.05, 0) is 57.2 Å². The quantitative estimate of drug-likeness (QED) is 0.112. The lowest BCUT2D eigenvalue weighted by Crippen LogP contribution is -2.35. The summed E-state index contributed by atoms with van der Waals surface area (Å²) in [6.07, 6.45) is 3.38. The third-order valence-electron chi connectivity index (χ3n) is 6.02. The number of ether oxygens (including phenoxy) is 1. The second-order valence-electron chi connectivity index (χ2n) is 8.26. The Kier molecular flexibility index (Phi) is 7.80. The van der Waals surface area contributed by atoms with Crippen molar-refractivity contribution in [2.45, 2.75) is 20.8 Å². The standard InChI is InChI=1S/C31H30NO2P/c1-4-34-31(33)29(23-32-30-24(2)15-14-16-25(30)3)35(26-17-8-5-9-18-26,27-19-10-6-11-20-27)28-21-12-7-13-22-28/h5-22,32H,4H2,1-3H3. The van der Waals surface area contributed by atoms with E-state index >= 15 is 0 Å². The van der Waals surface area contributed by atoms with Crippen LogP contribution in [0.25, 0.3) is 0 Å². The Morgan fingerprint density at radius 2 is 1.14 bits per heavy atom. The number of nitrogens with one attached hydrogen (secondary N) is 1. The fourth-order valence-electron chi connectivity index (χ4n) is 4.39. The molecule has 4 rings (SSSR count). The molecule has 0 spiro atoms. The van der Waals surface area contributed by atoms with E-state index in [0.717, 1.165) is 32.7 Å². The molecule has 35 heavy (non-hydrogen) atoms. The van der Waals surface area contributed by atoms with E-state index in [1.54, 1.807) is 0 Å². The van der Waals surface area contributed by atoms with Crippen LogP contribution in [0.4, 0.5) is 5.69 Å². The Hall–Kier alpha value is -3.68. The van der Waals surface area contributed by atoms with Gasteiger partial charge >= 0.3 is 0 Å². The van der Waals surface area contributed by atoms with Gasteiger partial charge < -0.3 is 14.8 Å². The van der Waals surface area contributed by atoms with Crippen LogP contribution in [0.3, 0.4) is 0 Å². The van der Waals surface area contributed by atoms with Crippen molar-refractivity contribution in [2.24, 2.45) is 0 Å². The highest BCUT2D eigenvalue weighted by molar-refractivity contribution is 7.99. The van der Waals surface area contributed by atoms with Crippen molar-refractivity contribution in [1.82, 2.24) is 0 Å². The maximum absolute atomic E-state index is 13.8. The van der Waals surface area contributed by atoms with Crippen molar-refractivity contribution in [3.63, 3.8) is 0 Å². The van der Waals surface area contributed by atoms with Crippen LogP contribution in [0, 0.1) is 20.0 Å². The lowest BCUT2D eigenvalue weighted by Gasteiger charge is -2.32. The van der Waals surface area contributed by atoms with E-state index in [2.05, 4.69) is 73.9 Å². The summed E-state index contributed by atoms with van der Waals surface area (Å²) in [7, 11) is -2.65. The van der Waals surface area contributed by atoms with Gasteiger partial charge in [0.25, 0.3) is 5.97 Å². The molecule has 0 aromatic heterocycles. The molecule has 0 aliphatic rings. The Labute approximate surface area is 208 Å². The second-order valence-corrected chi connectivity index (χ2v) is 11.6.